The Balaban J connectivity index is 1.24. The highest BCUT2D eigenvalue weighted by atomic mass is 19.1. The van der Waals surface area contributed by atoms with Crippen LogP contribution in [0.2, 0.25) is 0 Å². The maximum atomic E-state index is 13.5. The summed E-state index contributed by atoms with van der Waals surface area (Å²) in [6.45, 7) is 0.00573. The van der Waals surface area contributed by atoms with Gasteiger partial charge in [-0.15, -0.1) is 0 Å². The van der Waals surface area contributed by atoms with Crippen LogP contribution < -0.4 is 10.1 Å². The Morgan fingerprint density at radius 1 is 0.895 bits per heavy atom. The fraction of sp³-hybridized carbons (Fsp3) is 0.107. The topological polar surface area (TPSA) is 117 Å². The molecule has 3 amide bonds. The summed E-state index contributed by atoms with van der Waals surface area (Å²) in [5.74, 6) is -0.394. The monoisotopic (exact) mass is 511 g/mol. The number of hydrogen-bond acceptors (Lipinski definition) is 6. The number of halogens is 1. The molecule has 5 rings (SSSR count). The standard InChI is InChI=1S/C28H22FN5O4/c29-21-5-1-18(2-6-21)26-27(19-11-13-30-14-12-19)33-28(32-26)20-3-7-22(8-4-20)38-17-23(35)31-15-16-34-24(36)9-10-25(34)37/h1-14H,15-17H2,(H,31,35)(H,32,33). The largest absolute Gasteiger partial charge is 0.484 e. The maximum absolute atomic E-state index is 13.5. The third kappa shape index (κ3) is 5.49. The van der Waals surface area contributed by atoms with Gasteiger partial charge >= 0.3 is 0 Å². The van der Waals surface area contributed by atoms with E-state index in [4.69, 9.17) is 9.72 Å². The first-order valence-corrected chi connectivity index (χ1v) is 11.8. The van der Waals surface area contributed by atoms with E-state index < -0.39 is 11.8 Å². The highest BCUT2D eigenvalue weighted by Gasteiger charge is 2.22. The van der Waals surface area contributed by atoms with Crippen molar-refractivity contribution in [1.82, 2.24) is 25.2 Å². The highest BCUT2D eigenvalue weighted by molar-refractivity contribution is 6.12. The van der Waals surface area contributed by atoms with Crippen LogP contribution in [0.5, 0.6) is 5.75 Å². The number of carbonyl (C=O) groups excluding carboxylic acids is 3. The van der Waals surface area contributed by atoms with Crippen molar-refractivity contribution in [3.05, 3.63) is 91.0 Å². The van der Waals surface area contributed by atoms with Crippen LogP contribution in [0.3, 0.4) is 0 Å². The third-order valence-corrected chi connectivity index (χ3v) is 5.85. The Labute approximate surface area is 217 Å². The van der Waals surface area contributed by atoms with E-state index in [1.54, 1.807) is 36.7 Å². The van der Waals surface area contributed by atoms with E-state index >= 15 is 0 Å². The molecule has 0 unspecified atom stereocenters. The van der Waals surface area contributed by atoms with Gasteiger partial charge in [0, 0.05) is 54.3 Å². The number of nitrogens with zero attached hydrogens (tertiary/aromatic N) is 3. The van der Waals surface area contributed by atoms with Crippen molar-refractivity contribution in [2.75, 3.05) is 19.7 Å². The number of carbonyl (C=O) groups is 3. The highest BCUT2D eigenvalue weighted by Crippen LogP contribution is 2.33. The Morgan fingerprint density at radius 2 is 1.55 bits per heavy atom. The average molecular weight is 512 g/mol. The zero-order valence-corrected chi connectivity index (χ0v) is 20.1. The summed E-state index contributed by atoms with van der Waals surface area (Å²) in [6.07, 6.45) is 5.77. The van der Waals surface area contributed by atoms with Crippen LogP contribution in [0.25, 0.3) is 33.9 Å². The van der Waals surface area contributed by atoms with Gasteiger partial charge in [0.2, 0.25) is 0 Å². The smallest absolute Gasteiger partial charge is 0.258 e. The first-order valence-electron chi connectivity index (χ1n) is 11.8. The lowest BCUT2D eigenvalue weighted by Gasteiger charge is -2.14. The second kappa shape index (κ2) is 10.9. The average Bonchev–Trinajstić information content (AvgIpc) is 3.52. The molecule has 38 heavy (non-hydrogen) atoms. The molecule has 4 aromatic rings. The van der Waals surface area contributed by atoms with Crippen molar-refractivity contribution in [2.24, 2.45) is 0 Å². The predicted molar refractivity (Wildman–Crippen MR) is 137 cm³/mol. The Kier molecular flexibility index (Phi) is 7.03. The number of aromatic nitrogens is 3. The van der Waals surface area contributed by atoms with Crippen molar-refractivity contribution in [3.63, 3.8) is 0 Å². The summed E-state index contributed by atoms with van der Waals surface area (Å²) in [7, 11) is 0. The summed E-state index contributed by atoms with van der Waals surface area (Å²) in [4.78, 5) is 48.4. The molecule has 0 bridgehead atoms. The maximum Gasteiger partial charge on any atom is 0.258 e. The molecule has 2 aromatic heterocycles. The van der Waals surface area contributed by atoms with Crippen molar-refractivity contribution in [3.8, 4) is 39.7 Å². The Hall–Kier alpha value is -5.12. The first kappa shape index (κ1) is 24.6. The van der Waals surface area contributed by atoms with Crippen LogP contribution in [0.15, 0.2) is 85.2 Å². The Bertz CT molecular complexity index is 1480. The number of nitrogens with one attached hydrogen (secondary N) is 2. The van der Waals surface area contributed by atoms with Gasteiger partial charge in [-0.3, -0.25) is 24.3 Å². The zero-order valence-electron chi connectivity index (χ0n) is 20.1. The van der Waals surface area contributed by atoms with Gasteiger partial charge in [0.05, 0.1) is 11.4 Å². The molecule has 3 heterocycles. The number of ether oxygens (including phenoxy) is 1. The summed E-state index contributed by atoms with van der Waals surface area (Å²) >= 11 is 0. The van der Waals surface area contributed by atoms with Crippen LogP contribution in [0.1, 0.15) is 0 Å². The first-order chi connectivity index (χ1) is 18.5. The van der Waals surface area contributed by atoms with Crippen molar-refractivity contribution in [1.29, 1.82) is 0 Å². The predicted octanol–water partition coefficient (Wildman–Crippen LogP) is 3.36. The number of pyridine rings is 1. The molecule has 2 aromatic carbocycles. The molecule has 0 saturated carbocycles. The Morgan fingerprint density at radius 3 is 2.24 bits per heavy atom. The number of benzene rings is 2. The van der Waals surface area contributed by atoms with Crippen LogP contribution in [0.4, 0.5) is 4.39 Å². The molecule has 9 nitrogen and oxygen atoms in total. The second-order valence-corrected chi connectivity index (χ2v) is 8.38. The van der Waals surface area contributed by atoms with Gasteiger partial charge in [0.25, 0.3) is 17.7 Å². The third-order valence-electron chi connectivity index (χ3n) is 5.85. The van der Waals surface area contributed by atoms with Gasteiger partial charge in [-0.2, -0.15) is 0 Å². The normalized spacial score (nSPS) is 12.7. The SMILES string of the molecule is O=C(COc1ccc(-c2nc(-c3ccc(F)cc3)c(-c3ccncc3)[nH]2)cc1)NCCN1C(=O)C=CC1=O. The molecule has 0 radical (unpaired) electrons. The van der Waals surface area contributed by atoms with E-state index in [2.05, 4.69) is 15.3 Å². The molecule has 10 heteroatoms. The van der Waals surface area contributed by atoms with E-state index in [1.165, 1.54) is 24.3 Å². The van der Waals surface area contributed by atoms with E-state index in [1.807, 2.05) is 24.3 Å². The number of imide groups is 1. The van der Waals surface area contributed by atoms with E-state index in [9.17, 15) is 18.8 Å². The van der Waals surface area contributed by atoms with Crippen molar-refractivity contribution in [2.45, 2.75) is 0 Å². The van der Waals surface area contributed by atoms with Crippen LogP contribution in [0, 0.1) is 5.82 Å². The van der Waals surface area contributed by atoms with Gasteiger partial charge in [-0.05, 0) is 60.7 Å². The quantitative estimate of drug-likeness (QED) is 0.333. The second-order valence-electron chi connectivity index (χ2n) is 8.38. The molecule has 1 aliphatic rings. The zero-order chi connectivity index (χ0) is 26.5. The number of amides is 3. The summed E-state index contributed by atoms with van der Waals surface area (Å²) in [5.41, 5.74) is 3.90. The lowest BCUT2D eigenvalue weighted by Crippen LogP contribution is -2.39. The molecule has 0 aliphatic carbocycles. The molecule has 0 fully saturated rings. The van der Waals surface area contributed by atoms with Gasteiger partial charge < -0.3 is 15.0 Å². The summed E-state index contributed by atoms with van der Waals surface area (Å²) in [5, 5.41) is 2.62. The lowest BCUT2D eigenvalue weighted by molar-refractivity contribution is -0.137. The van der Waals surface area contributed by atoms with Gasteiger partial charge in [0.15, 0.2) is 6.61 Å². The van der Waals surface area contributed by atoms with Crippen LogP contribution in [-0.2, 0) is 14.4 Å². The summed E-state index contributed by atoms with van der Waals surface area (Å²) < 4.78 is 19.1. The minimum Gasteiger partial charge on any atom is -0.484 e. The van der Waals surface area contributed by atoms with Crippen molar-refractivity contribution >= 4 is 17.7 Å². The van der Waals surface area contributed by atoms with E-state index in [0.717, 1.165) is 27.3 Å². The van der Waals surface area contributed by atoms with Crippen LogP contribution in [-0.4, -0.2) is 57.3 Å². The molecular formula is C28H22FN5O4. The fourth-order valence-electron chi connectivity index (χ4n) is 3.92. The molecule has 0 atom stereocenters. The molecule has 0 spiro atoms. The van der Waals surface area contributed by atoms with Gasteiger partial charge in [0.1, 0.15) is 17.4 Å². The number of hydrogen-bond donors (Lipinski definition) is 2. The number of rotatable bonds is 9. The van der Waals surface area contributed by atoms with E-state index in [-0.39, 0.29) is 31.4 Å². The minimum atomic E-state index is -0.394. The fourth-order valence-corrected chi connectivity index (χ4v) is 3.92. The lowest BCUT2D eigenvalue weighted by atomic mass is 10.1. The molecule has 190 valence electrons. The molecule has 0 saturated heterocycles. The number of H-pyrrole nitrogens is 1. The number of imidazole rings is 1. The van der Waals surface area contributed by atoms with Crippen molar-refractivity contribution < 1.29 is 23.5 Å². The van der Waals surface area contributed by atoms with Crippen LogP contribution >= 0.6 is 0 Å². The molecular weight excluding hydrogens is 489 g/mol. The van der Waals surface area contributed by atoms with E-state index in [0.29, 0.717) is 17.3 Å². The van der Waals surface area contributed by atoms with Gasteiger partial charge in [-0.25, -0.2) is 9.37 Å². The molecule has 1 aliphatic heterocycles. The van der Waals surface area contributed by atoms with Gasteiger partial charge in [-0.1, -0.05) is 0 Å². The summed E-state index contributed by atoms with van der Waals surface area (Å²) in [6, 6.07) is 17.0. The number of aromatic amines is 1. The minimum absolute atomic E-state index is 0.0929. The molecule has 2 N–H and O–H groups in total.